The van der Waals surface area contributed by atoms with E-state index in [9.17, 15) is 4.79 Å². The number of rotatable bonds is 4. The molecule has 1 amide bonds. The summed E-state index contributed by atoms with van der Waals surface area (Å²) in [4.78, 5) is 13.0. The zero-order valence-electron chi connectivity index (χ0n) is 16.8. The first-order chi connectivity index (χ1) is 12.0. The van der Waals surface area contributed by atoms with E-state index >= 15 is 0 Å². The van der Waals surface area contributed by atoms with E-state index in [2.05, 4.69) is 26.1 Å². The molecule has 1 aromatic rings. The Bertz CT molecular complexity index is 624. The molecule has 1 aliphatic heterocycles. The summed E-state index contributed by atoms with van der Waals surface area (Å²) in [6.45, 7) is 12.4. The molecule has 1 N–H and O–H groups in total. The highest BCUT2D eigenvalue weighted by molar-refractivity contribution is 8.00. The highest BCUT2D eigenvalue weighted by Gasteiger charge is 2.47. The number of amides is 1. The van der Waals surface area contributed by atoms with E-state index in [-0.39, 0.29) is 22.3 Å². The Labute approximate surface area is 167 Å². The minimum absolute atomic E-state index is 0.0725. The van der Waals surface area contributed by atoms with Crippen LogP contribution < -0.4 is 5.32 Å². The Morgan fingerprint density at radius 2 is 1.88 bits per heavy atom. The van der Waals surface area contributed by atoms with Gasteiger partial charge in [-0.3, -0.25) is 4.79 Å². The fraction of sp³-hybridized carbons (Fsp3) is 0.667. The lowest BCUT2D eigenvalue weighted by Gasteiger charge is -2.46. The second-order valence-electron chi connectivity index (χ2n) is 8.51. The number of halogens is 1. The monoisotopic (exact) mass is 397 g/mol. The summed E-state index contributed by atoms with van der Waals surface area (Å²) < 4.78 is 6.66. The fourth-order valence-corrected chi connectivity index (χ4v) is 4.86. The van der Waals surface area contributed by atoms with Crippen LogP contribution in [0.2, 0.25) is 5.02 Å². The maximum Gasteiger partial charge on any atom is 0.227 e. The molecule has 146 valence electrons. The molecule has 1 aliphatic rings. The topological polar surface area (TPSA) is 38.3 Å². The predicted octanol–water partition coefficient (Wildman–Crippen LogP) is 5.76. The van der Waals surface area contributed by atoms with Gasteiger partial charge in [-0.15, -0.1) is 11.8 Å². The zero-order valence-corrected chi connectivity index (χ0v) is 18.4. The number of benzene rings is 1. The third-order valence-corrected chi connectivity index (χ3v) is 6.32. The van der Waals surface area contributed by atoms with E-state index < -0.39 is 5.60 Å². The molecule has 0 aliphatic carbocycles. The number of hydrogen-bond acceptors (Lipinski definition) is 3. The normalized spacial score (nSPS) is 23.5. The van der Waals surface area contributed by atoms with Crippen molar-refractivity contribution >= 4 is 29.3 Å². The number of ether oxygens (including phenoxy) is 1. The summed E-state index contributed by atoms with van der Waals surface area (Å²) >= 11 is 7.91. The van der Waals surface area contributed by atoms with Gasteiger partial charge in [0.2, 0.25) is 5.91 Å². The molecule has 0 aromatic heterocycles. The first-order valence-corrected chi connectivity index (χ1v) is 10.8. The van der Waals surface area contributed by atoms with Crippen molar-refractivity contribution in [2.24, 2.45) is 5.92 Å². The van der Waals surface area contributed by atoms with Crippen molar-refractivity contribution in [3.63, 3.8) is 0 Å². The lowest BCUT2D eigenvalue weighted by Crippen LogP contribution is -2.54. The average Bonchev–Trinajstić information content (AvgIpc) is 2.51. The number of carbonyl (C=O) groups excluding carboxylic acids is 1. The van der Waals surface area contributed by atoms with Crippen LogP contribution in [0.3, 0.4) is 0 Å². The van der Waals surface area contributed by atoms with Crippen molar-refractivity contribution in [2.45, 2.75) is 76.9 Å². The summed E-state index contributed by atoms with van der Waals surface area (Å²) in [5.74, 6) is 0.857. The fourth-order valence-electron chi connectivity index (χ4n) is 3.74. The average molecular weight is 398 g/mol. The number of hydrogen-bond donors (Lipinski definition) is 1. The quantitative estimate of drug-likeness (QED) is 0.702. The molecule has 0 radical (unpaired) electrons. The summed E-state index contributed by atoms with van der Waals surface area (Å²) in [7, 11) is 0. The second-order valence-corrected chi connectivity index (χ2v) is 10.7. The van der Waals surface area contributed by atoms with Crippen molar-refractivity contribution in [2.75, 3.05) is 5.75 Å². The van der Waals surface area contributed by atoms with E-state index in [1.54, 1.807) is 11.8 Å². The van der Waals surface area contributed by atoms with Crippen LogP contribution >= 0.6 is 23.4 Å². The van der Waals surface area contributed by atoms with E-state index in [0.29, 0.717) is 5.02 Å². The highest BCUT2D eigenvalue weighted by atomic mass is 35.5. The molecule has 2 rings (SSSR count). The van der Waals surface area contributed by atoms with Crippen LogP contribution in [0.1, 0.15) is 66.4 Å². The van der Waals surface area contributed by atoms with Crippen molar-refractivity contribution in [1.82, 2.24) is 5.32 Å². The van der Waals surface area contributed by atoms with Crippen LogP contribution in [0.5, 0.6) is 0 Å². The number of nitrogens with one attached hydrogen (secondary N) is 1. The zero-order chi connectivity index (χ0) is 19.6. The Morgan fingerprint density at radius 3 is 2.42 bits per heavy atom. The summed E-state index contributed by atoms with van der Waals surface area (Å²) in [6, 6.07) is 7.77. The molecule has 5 heteroatoms. The number of carbonyl (C=O) groups is 1. The molecular formula is C21H32ClNO2S. The molecule has 0 unspecified atom stereocenters. The van der Waals surface area contributed by atoms with Gasteiger partial charge in [0, 0.05) is 5.02 Å². The highest BCUT2D eigenvalue weighted by Crippen LogP contribution is 2.44. The maximum atomic E-state index is 13.3. The number of thioether (sulfide) groups is 1. The first kappa shape index (κ1) is 21.6. The van der Waals surface area contributed by atoms with Crippen molar-refractivity contribution in [3.05, 3.63) is 34.9 Å². The standard InChI is InChI=1S/C21H32ClNO2S/c1-7-21(25-19(2,3)4,15-10-12-16(22)13-11-15)17-9-8-14-26-20(5,6)23-18(17)24/h10-13,17H,7-9,14H2,1-6H3,(H,23,24)/t17-,21+/m1/s1. The summed E-state index contributed by atoms with van der Waals surface area (Å²) in [5.41, 5.74) is -0.0291. The molecule has 26 heavy (non-hydrogen) atoms. The van der Waals surface area contributed by atoms with Crippen LogP contribution in [0.4, 0.5) is 0 Å². The van der Waals surface area contributed by atoms with Crippen LogP contribution in [0, 0.1) is 5.92 Å². The van der Waals surface area contributed by atoms with Crippen LogP contribution in [-0.2, 0) is 15.1 Å². The van der Waals surface area contributed by atoms with E-state index in [4.69, 9.17) is 16.3 Å². The minimum atomic E-state index is -0.676. The van der Waals surface area contributed by atoms with Gasteiger partial charge < -0.3 is 10.1 Å². The Balaban J connectivity index is 2.53. The molecular weight excluding hydrogens is 366 g/mol. The van der Waals surface area contributed by atoms with Gasteiger partial charge in [-0.1, -0.05) is 30.7 Å². The SMILES string of the molecule is CC[C@](OC(C)(C)C)(c1ccc(Cl)cc1)[C@@H]1CCCSC(C)(C)NC1=O. The third-order valence-electron chi connectivity index (χ3n) is 4.75. The van der Waals surface area contributed by atoms with Crippen LogP contribution in [-0.4, -0.2) is 22.1 Å². The lowest BCUT2D eigenvalue weighted by atomic mass is 9.75. The van der Waals surface area contributed by atoms with E-state index in [0.717, 1.165) is 30.6 Å². The Morgan fingerprint density at radius 1 is 1.27 bits per heavy atom. The van der Waals surface area contributed by atoms with Crippen molar-refractivity contribution in [3.8, 4) is 0 Å². The van der Waals surface area contributed by atoms with Gasteiger partial charge in [0.15, 0.2) is 0 Å². The molecule has 0 bridgehead atoms. The van der Waals surface area contributed by atoms with Gasteiger partial charge in [0.05, 0.1) is 16.4 Å². The van der Waals surface area contributed by atoms with Gasteiger partial charge in [-0.05, 0) is 77.3 Å². The smallest absolute Gasteiger partial charge is 0.227 e. The first-order valence-electron chi connectivity index (χ1n) is 9.41. The van der Waals surface area contributed by atoms with Crippen molar-refractivity contribution < 1.29 is 9.53 Å². The lowest BCUT2D eigenvalue weighted by molar-refractivity contribution is -0.179. The molecule has 2 atom stereocenters. The summed E-state index contributed by atoms with van der Waals surface area (Å²) in [6.07, 6.45) is 2.52. The predicted molar refractivity (Wildman–Crippen MR) is 112 cm³/mol. The Hall–Kier alpha value is -0.710. The molecule has 1 fully saturated rings. The van der Waals surface area contributed by atoms with Crippen LogP contribution in [0.15, 0.2) is 24.3 Å². The molecule has 3 nitrogen and oxygen atoms in total. The second kappa shape index (κ2) is 8.12. The molecule has 1 aromatic carbocycles. The largest absolute Gasteiger partial charge is 0.364 e. The van der Waals surface area contributed by atoms with Gasteiger partial charge in [0.1, 0.15) is 5.60 Å². The van der Waals surface area contributed by atoms with Gasteiger partial charge in [0.25, 0.3) is 0 Å². The molecule has 1 saturated heterocycles. The van der Waals surface area contributed by atoms with Crippen LogP contribution in [0.25, 0.3) is 0 Å². The van der Waals surface area contributed by atoms with Gasteiger partial charge >= 0.3 is 0 Å². The van der Waals surface area contributed by atoms with E-state index in [1.807, 2.05) is 45.0 Å². The van der Waals surface area contributed by atoms with Gasteiger partial charge in [-0.2, -0.15) is 0 Å². The third kappa shape index (κ3) is 5.17. The Kier molecular flexibility index (Phi) is 6.74. The maximum absolute atomic E-state index is 13.3. The van der Waals surface area contributed by atoms with Crippen molar-refractivity contribution in [1.29, 1.82) is 0 Å². The molecule has 1 heterocycles. The molecule has 0 spiro atoms. The molecule has 0 saturated carbocycles. The van der Waals surface area contributed by atoms with E-state index in [1.165, 1.54) is 0 Å². The summed E-state index contributed by atoms with van der Waals surface area (Å²) in [5, 5.41) is 3.92. The minimum Gasteiger partial charge on any atom is -0.364 e. The van der Waals surface area contributed by atoms with Gasteiger partial charge in [-0.25, -0.2) is 0 Å².